The van der Waals surface area contributed by atoms with Crippen LogP contribution in [0.15, 0.2) is 23.1 Å². The number of nitrogens with one attached hydrogen (secondary N) is 1. The number of aromatic carboxylic acids is 1. The van der Waals surface area contributed by atoms with Crippen molar-refractivity contribution in [3.8, 4) is 0 Å². The summed E-state index contributed by atoms with van der Waals surface area (Å²) in [5, 5.41) is 8.95. The molecule has 0 amide bonds. The highest BCUT2D eigenvalue weighted by molar-refractivity contribution is 7.89. The van der Waals surface area contributed by atoms with Gasteiger partial charge in [0.1, 0.15) is 4.90 Å². The third kappa shape index (κ3) is 3.58. The summed E-state index contributed by atoms with van der Waals surface area (Å²) in [6.45, 7) is 1.10. The van der Waals surface area contributed by atoms with Crippen LogP contribution in [0.2, 0.25) is 5.02 Å². The molecular weight excluding hydrogens is 332 g/mol. The summed E-state index contributed by atoms with van der Waals surface area (Å²) in [6, 6.07) is 3.14. The van der Waals surface area contributed by atoms with Gasteiger partial charge in [0.15, 0.2) is 0 Å². The van der Waals surface area contributed by atoms with E-state index in [1.54, 1.807) is 0 Å². The molecule has 0 aliphatic carbocycles. The number of hydrogen-bond donors (Lipinski definition) is 2. The summed E-state index contributed by atoms with van der Waals surface area (Å²) in [7, 11) is -0.572. The second-order valence-corrected chi connectivity index (χ2v) is 7.26. The van der Waals surface area contributed by atoms with Crippen LogP contribution in [0, 0.1) is 0 Å². The first-order valence-corrected chi connectivity index (χ1v) is 8.37. The van der Waals surface area contributed by atoms with Crippen molar-refractivity contribution in [3.63, 3.8) is 0 Å². The fourth-order valence-electron chi connectivity index (χ4n) is 2.42. The zero-order valence-electron chi connectivity index (χ0n) is 12.1. The predicted molar refractivity (Wildman–Crippen MR) is 80.8 cm³/mol. The zero-order chi connectivity index (χ0) is 16.5. The number of carboxylic acid groups (broad SMARTS) is 1. The Balaban J connectivity index is 2.31. The van der Waals surface area contributed by atoms with Crippen molar-refractivity contribution in [3.05, 3.63) is 28.8 Å². The third-order valence-corrected chi connectivity index (χ3v) is 5.50. The lowest BCUT2D eigenvalue weighted by Crippen LogP contribution is -2.43. The Kier molecular flexibility index (Phi) is 5.08. The van der Waals surface area contributed by atoms with Gasteiger partial charge in [0, 0.05) is 20.2 Å². The number of carbonyl (C=O) groups is 1. The Morgan fingerprint density at radius 1 is 1.45 bits per heavy atom. The van der Waals surface area contributed by atoms with Gasteiger partial charge in [-0.25, -0.2) is 17.9 Å². The highest BCUT2D eigenvalue weighted by Gasteiger charge is 2.35. The molecule has 122 valence electrons. The number of benzene rings is 1. The van der Waals surface area contributed by atoms with E-state index in [1.807, 2.05) is 11.9 Å². The maximum absolute atomic E-state index is 12.5. The van der Waals surface area contributed by atoms with Gasteiger partial charge in [-0.2, -0.15) is 0 Å². The molecule has 1 heterocycles. The summed E-state index contributed by atoms with van der Waals surface area (Å²) in [6.07, 6.45) is -0.277. The fourth-order valence-corrected chi connectivity index (χ4v) is 4.20. The highest BCUT2D eigenvalue weighted by Crippen LogP contribution is 2.24. The number of rotatable bonds is 5. The molecular formula is C13H17ClN2O5S. The first-order valence-electron chi connectivity index (χ1n) is 6.51. The molecule has 1 aliphatic heterocycles. The van der Waals surface area contributed by atoms with Gasteiger partial charge in [-0.05, 0) is 25.2 Å². The molecule has 0 unspecified atom stereocenters. The van der Waals surface area contributed by atoms with Gasteiger partial charge in [-0.1, -0.05) is 11.6 Å². The number of nitrogens with zero attached hydrogens (tertiary/aromatic N) is 1. The average molecular weight is 349 g/mol. The van der Waals surface area contributed by atoms with Gasteiger partial charge in [0.2, 0.25) is 10.0 Å². The predicted octanol–water partition coefficient (Wildman–Crippen LogP) is 0.646. The lowest BCUT2D eigenvalue weighted by Gasteiger charge is -2.19. The van der Waals surface area contributed by atoms with E-state index in [0.717, 1.165) is 6.07 Å². The van der Waals surface area contributed by atoms with Crippen LogP contribution in [0.1, 0.15) is 10.4 Å². The van der Waals surface area contributed by atoms with Crippen molar-refractivity contribution in [2.24, 2.45) is 0 Å². The van der Waals surface area contributed by atoms with Crippen molar-refractivity contribution in [2.45, 2.75) is 17.0 Å². The molecule has 2 N–H and O–H groups in total. The molecule has 0 spiro atoms. The lowest BCUT2D eigenvalue weighted by atomic mass is 10.2. The SMILES string of the molecule is CO[C@H]1CN(C)C[C@@H]1NS(=O)(=O)c1cc(C(=O)O)ccc1Cl. The number of methoxy groups -OCH3 is 1. The van der Waals surface area contributed by atoms with Gasteiger partial charge in [0.25, 0.3) is 0 Å². The van der Waals surface area contributed by atoms with Crippen LogP contribution in [0.3, 0.4) is 0 Å². The summed E-state index contributed by atoms with van der Waals surface area (Å²) in [5.41, 5.74) is -0.142. The van der Waals surface area contributed by atoms with Crippen LogP contribution in [0.5, 0.6) is 0 Å². The molecule has 7 nitrogen and oxygen atoms in total. The van der Waals surface area contributed by atoms with E-state index in [1.165, 1.54) is 19.2 Å². The topological polar surface area (TPSA) is 95.9 Å². The maximum Gasteiger partial charge on any atom is 0.335 e. The summed E-state index contributed by atoms with van der Waals surface area (Å²) in [4.78, 5) is 12.7. The van der Waals surface area contributed by atoms with E-state index in [-0.39, 0.29) is 21.6 Å². The second kappa shape index (κ2) is 6.51. The maximum atomic E-state index is 12.5. The summed E-state index contributed by atoms with van der Waals surface area (Å²) in [5.74, 6) is -1.22. The number of likely N-dealkylation sites (N-methyl/N-ethyl adjacent to an activating group) is 1. The van der Waals surface area contributed by atoms with Gasteiger partial charge in [-0.15, -0.1) is 0 Å². The van der Waals surface area contributed by atoms with Crippen LogP contribution in [0.25, 0.3) is 0 Å². The lowest BCUT2D eigenvalue weighted by molar-refractivity contribution is 0.0696. The first-order chi connectivity index (χ1) is 10.2. The monoisotopic (exact) mass is 348 g/mol. The Hall–Kier alpha value is -1.19. The quantitative estimate of drug-likeness (QED) is 0.811. The van der Waals surface area contributed by atoms with Gasteiger partial charge >= 0.3 is 5.97 Å². The molecule has 1 aromatic rings. The number of carboxylic acids is 1. The molecule has 0 aromatic heterocycles. The van der Waals surface area contributed by atoms with E-state index in [4.69, 9.17) is 21.4 Å². The minimum atomic E-state index is -3.95. The molecule has 0 radical (unpaired) electrons. The van der Waals surface area contributed by atoms with E-state index < -0.39 is 22.0 Å². The Morgan fingerprint density at radius 3 is 2.73 bits per heavy atom. The Bertz CT molecular complexity index is 679. The smallest absolute Gasteiger partial charge is 0.335 e. The van der Waals surface area contributed by atoms with Crippen LogP contribution >= 0.6 is 11.6 Å². The number of ether oxygens (including phenoxy) is 1. The van der Waals surface area contributed by atoms with Crippen LogP contribution in [0.4, 0.5) is 0 Å². The van der Waals surface area contributed by atoms with Gasteiger partial charge in [-0.3, -0.25) is 0 Å². The molecule has 2 atom stereocenters. The standard InChI is InChI=1S/C13H17ClN2O5S/c1-16-6-10(11(7-16)21-2)15-22(19,20)12-5-8(13(17)18)3-4-9(12)14/h3-5,10-11,15H,6-7H2,1-2H3,(H,17,18)/t10-,11-/m0/s1. The number of hydrogen-bond acceptors (Lipinski definition) is 5. The van der Waals surface area contributed by atoms with Crippen molar-refractivity contribution >= 4 is 27.6 Å². The van der Waals surface area contributed by atoms with Crippen LogP contribution in [-0.4, -0.2) is 63.8 Å². The van der Waals surface area contributed by atoms with Crippen molar-refractivity contribution in [2.75, 3.05) is 27.2 Å². The number of likely N-dealkylation sites (tertiary alicyclic amines) is 1. The fraction of sp³-hybridized carbons (Fsp3) is 0.462. The molecule has 22 heavy (non-hydrogen) atoms. The van der Waals surface area contributed by atoms with E-state index in [0.29, 0.717) is 13.1 Å². The molecule has 0 saturated carbocycles. The van der Waals surface area contributed by atoms with Crippen molar-refractivity contribution in [1.29, 1.82) is 0 Å². The Labute approximate surface area is 133 Å². The van der Waals surface area contributed by atoms with E-state index in [9.17, 15) is 13.2 Å². The minimum Gasteiger partial charge on any atom is -0.478 e. The average Bonchev–Trinajstić information content (AvgIpc) is 2.77. The molecule has 9 heteroatoms. The Morgan fingerprint density at radius 2 is 2.14 bits per heavy atom. The zero-order valence-corrected chi connectivity index (χ0v) is 13.7. The third-order valence-electron chi connectivity index (χ3n) is 3.53. The van der Waals surface area contributed by atoms with Crippen LogP contribution < -0.4 is 4.72 Å². The molecule has 2 rings (SSSR count). The van der Waals surface area contributed by atoms with Gasteiger partial charge < -0.3 is 14.7 Å². The van der Waals surface area contributed by atoms with Crippen molar-refractivity contribution in [1.82, 2.24) is 9.62 Å². The summed E-state index contributed by atoms with van der Waals surface area (Å²) >= 11 is 5.92. The molecule has 1 saturated heterocycles. The second-order valence-electron chi connectivity index (χ2n) is 5.17. The highest BCUT2D eigenvalue weighted by atomic mass is 35.5. The molecule has 1 fully saturated rings. The molecule has 1 aliphatic rings. The molecule has 1 aromatic carbocycles. The van der Waals surface area contributed by atoms with E-state index in [2.05, 4.69) is 4.72 Å². The molecule has 0 bridgehead atoms. The van der Waals surface area contributed by atoms with Crippen molar-refractivity contribution < 1.29 is 23.1 Å². The van der Waals surface area contributed by atoms with Crippen LogP contribution in [-0.2, 0) is 14.8 Å². The minimum absolute atomic E-state index is 0.0298. The number of sulfonamides is 1. The normalized spacial score (nSPS) is 22.9. The number of halogens is 1. The summed E-state index contributed by atoms with van der Waals surface area (Å²) < 4.78 is 32.8. The van der Waals surface area contributed by atoms with E-state index >= 15 is 0 Å². The first kappa shape index (κ1) is 17.2. The van der Waals surface area contributed by atoms with Gasteiger partial charge in [0.05, 0.1) is 22.7 Å². The largest absolute Gasteiger partial charge is 0.478 e.